The second-order valence-corrected chi connectivity index (χ2v) is 5.59. The normalized spacial score (nSPS) is 24.1. The molecule has 2 heteroatoms. The topological polar surface area (TPSA) is 21.3 Å². The van der Waals surface area contributed by atoms with Gasteiger partial charge in [0, 0.05) is 19.7 Å². The van der Waals surface area contributed by atoms with Gasteiger partial charge in [0.25, 0.3) is 0 Å². The molecule has 0 saturated heterocycles. The number of hydrogen-bond donors (Lipinski definition) is 1. The van der Waals surface area contributed by atoms with E-state index in [0.717, 1.165) is 12.5 Å². The van der Waals surface area contributed by atoms with Crippen LogP contribution in [0.1, 0.15) is 43.7 Å². The van der Waals surface area contributed by atoms with Gasteiger partial charge >= 0.3 is 0 Å². The third-order valence-corrected chi connectivity index (χ3v) is 3.91. The maximum Gasteiger partial charge on any atom is 0.0713 e. The Bertz CT molecular complexity index is 356. The lowest BCUT2D eigenvalue weighted by atomic mass is 9.87. The number of rotatable bonds is 5. The van der Waals surface area contributed by atoms with Gasteiger partial charge in [-0.1, -0.05) is 31.2 Å². The molecular formula is C16H25NO. The average Bonchev–Trinajstić information content (AvgIpc) is 2.39. The van der Waals surface area contributed by atoms with Gasteiger partial charge in [-0.05, 0) is 42.7 Å². The number of methoxy groups -OCH3 is 1. The summed E-state index contributed by atoms with van der Waals surface area (Å²) in [5.41, 5.74) is 2.62. The van der Waals surface area contributed by atoms with Crippen LogP contribution in [-0.4, -0.2) is 13.2 Å². The maximum atomic E-state index is 5.17. The molecule has 0 aromatic heterocycles. The largest absolute Gasteiger partial charge is 0.380 e. The summed E-state index contributed by atoms with van der Waals surface area (Å²) < 4.78 is 5.17. The first-order chi connectivity index (χ1) is 8.78. The van der Waals surface area contributed by atoms with Crippen LogP contribution in [0.2, 0.25) is 0 Å². The van der Waals surface area contributed by atoms with E-state index in [9.17, 15) is 0 Å². The van der Waals surface area contributed by atoms with Gasteiger partial charge in [-0.3, -0.25) is 0 Å². The Labute approximate surface area is 111 Å². The minimum Gasteiger partial charge on any atom is -0.380 e. The van der Waals surface area contributed by atoms with Gasteiger partial charge in [0.1, 0.15) is 0 Å². The molecule has 0 bridgehead atoms. The molecule has 100 valence electrons. The number of hydrogen-bond acceptors (Lipinski definition) is 2. The lowest BCUT2D eigenvalue weighted by molar-refractivity contribution is 0.185. The molecule has 0 heterocycles. The van der Waals surface area contributed by atoms with E-state index in [0.29, 0.717) is 12.6 Å². The molecule has 0 spiro atoms. The van der Waals surface area contributed by atoms with Crippen molar-refractivity contribution in [2.75, 3.05) is 7.11 Å². The first-order valence-corrected chi connectivity index (χ1v) is 7.08. The van der Waals surface area contributed by atoms with Crippen molar-refractivity contribution in [1.82, 2.24) is 5.32 Å². The van der Waals surface area contributed by atoms with Crippen LogP contribution in [0.5, 0.6) is 0 Å². The summed E-state index contributed by atoms with van der Waals surface area (Å²) >= 11 is 0. The van der Waals surface area contributed by atoms with E-state index in [-0.39, 0.29) is 0 Å². The quantitative estimate of drug-likeness (QED) is 0.860. The van der Waals surface area contributed by atoms with Crippen molar-refractivity contribution in [2.24, 2.45) is 5.92 Å². The van der Waals surface area contributed by atoms with Gasteiger partial charge in [-0.2, -0.15) is 0 Å². The molecule has 2 nitrogen and oxygen atoms in total. The summed E-state index contributed by atoms with van der Waals surface area (Å²) in [6, 6.07) is 9.38. The molecule has 0 unspecified atom stereocenters. The minimum atomic E-state index is 0.703. The van der Waals surface area contributed by atoms with E-state index in [1.807, 2.05) is 0 Å². The lowest BCUT2D eigenvalue weighted by Crippen LogP contribution is -2.32. The van der Waals surface area contributed by atoms with Crippen LogP contribution >= 0.6 is 0 Å². The van der Waals surface area contributed by atoms with E-state index in [2.05, 4.69) is 36.5 Å². The molecule has 1 aliphatic carbocycles. The number of nitrogens with one attached hydrogen (secondary N) is 1. The van der Waals surface area contributed by atoms with Crippen LogP contribution in [0, 0.1) is 5.92 Å². The molecule has 1 aromatic carbocycles. The second-order valence-electron chi connectivity index (χ2n) is 5.59. The van der Waals surface area contributed by atoms with Crippen molar-refractivity contribution >= 4 is 0 Å². The third-order valence-electron chi connectivity index (χ3n) is 3.91. The molecule has 1 aliphatic rings. The second kappa shape index (κ2) is 6.91. The first-order valence-electron chi connectivity index (χ1n) is 7.08. The Morgan fingerprint density at radius 2 is 1.89 bits per heavy atom. The Balaban J connectivity index is 1.80. The van der Waals surface area contributed by atoms with Crippen LogP contribution in [0.4, 0.5) is 0 Å². The van der Waals surface area contributed by atoms with E-state index in [1.54, 1.807) is 7.11 Å². The highest BCUT2D eigenvalue weighted by molar-refractivity contribution is 5.22. The summed E-state index contributed by atoms with van der Waals surface area (Å²) in [6.07, 6.45) is 5.42. The van der Waals surface area contributed by atoms with Crippen LogP contribution < -0.4 is 5.32 Å². The SMILES string of the molecule is COCc1cccc(CNC2CCC(C)CC2)c1. The summed E-state index contributed by atoms with van der Waals surface area (Å²) in [6.45, 7) is 4.05. The fourth-order valence-corrected chi connectivity index (χ4v) is 2.72. The molecule has 1 N–H and O–H groups in total. The molecule has 0 aliphatic heterocycles. The molecule has 2 rings (SSSR count). The average molecular weight is 247 g/mol. The molecule has 0 amide bonds. The Kier molecular flexibility index (Phi) is 5.21. The van der Waals surface area contributed by atoms with Gasteiger partial charge in [0.05, 0.1) is 6.61 Å². The number of benzene rings is 1. The van der Waals surface area contributed by atoms with Gasteiger partial charge in [0.15, 0.2) is 0 Å². The molecule has 1 saturated carbocycles. The summed E-state index contributed by atoms with van der Waals surface area (Å²) in [4.78, 5) is 0. The summed E-state index contributed by atoms with van der Waals surface area (Å²) in [5.74, 6) is 0.924. The fraction of sp³-hybridized carbons (Fsp3) is 0.625. The lowest BCUT2D eigenvalue weighted by Gasteiger charge is -2.27. The predicted octanol–water partition coefficient (Wildman–Crippen LogP) is 3.50. The highest BCUT2D eigenvalue weighted by Crippen LogP contribution is 2.23. The predicted molar refractivity (Wildman–Crippen MR) is 75.4 cm³/mol. The first kappa shape index (κ1) is 13.6. The molecule has 0 atom stereocenters. The van der Waals surface area contributed by atoms with Gasteiger partial charge in [0.2, 0.25) is 0 Å². The van der Waals surface area contributed by atoms with Gasteiger partial charge < -0.3 is 10.1 Å². The van der Waals surface area contributed by atoms with Crippen molar-refractivity contribution < 1.29 is 4.74 Å². The van der Waals surface area contributed by atoms with Crippen LogP contribution in [0.3, 0.4) is 0 Å². The zero-order valence-electron chi connectivity index (χ0n) is 11.6. The Morgan fingerprint density at radius 3 is 2.61 bits per heavy atom. The summed E-state index contributed by atoms with van der Waals surface area (Å²) in [7, 11) is 1.74. The molecule has 18 heavy (non-hydrogen) atoms. The number of ether oxygens (including phenoxy) is 1. The van der Waals surface area contributed by atoms with Crippen molar-refractivity contribution in [2.45, 2.75) is 51.8 Å². The van der Waals surface area contributed by atoms with E-state index < -0.39 is 0 Å². The molecular weight excluding hydrogens is 222 g/mol. The Hall–Kier alpha value is -0.860. The maximum absolute atomic E-state index is 5.17. The smallest absolute Gasteiger partial charge is 0.0713 e. The standard InChI is InChI=1S/C16H25NO/c1-13-6-8-16(9-7-13)17-11-14-4-3-5-15(10-14)12-18-2/h3-5,10,13,16-17H,6-9,11-12H2,1-2H3. The van der Waals surface area contributed by atoms with Gasteiger partial charge in [-0.25, -0.2) is 0 Å². The molecule has 0 radical (unpaired) electrons. The molecule has 1 aromatic rings. The van der Waals surface area contributed by atoms with E-state index >= 15 is 0 Å². The zero-order valence-corrected chi connectivity index (χ0v) is 11.6. The Morgan fingerprint density at radius 1 is 1.17 bits per heavy atom. The monoisotopic (exact) mass is 247 g/mol. The van der Waals surface area contributed by atoms with E-state index in [1.165, 1.54) is 36.8 Å². The van der Waals surface area contributed by atoms with Crippen LogP contribution in [-0.2, 0) is 17.9 Å². The van der Waals surface area contributed by atoms with E-state index in [4.69, 9.17) is 4.74 Å². The summed E-state index contributed by atoms with van der Waals surface area (Å²) in [5, 5.41) is 3.69. The van der Waals surface area contributed by atoms with Crippen molar-refractivity contribution in [3.63, 3.8) is 0 Å². The van der Waals surface area contributed by atoms with Crippen LogP contribution in [0.25, 0.3) is 0 Å². The third kappa shape index (κ3) is 4.11. The van der Waals surface area contributed by atoms with Crippen molar-refractivity contribution in [3.05, 3.63) is 35.4 Å². The fourth-order valence-electron chi connectivity index (χ4n) is 2.72. The molecule has 1 fully saturated rings. The van der Waals surface area contributed by atoms with Crippen molar-refractivity contribution in [1.29, 1.82) is 0 Å². The zero-order chi connectivity index (χ0) is 12.8. The van der Waals surface area contributed by atoms with Gasteiger partial charge in [-0.15, -0.1) is 0 Å². The highest BCUT2D eigenvalue weighted by atomic mass is 16.5. The van der Waals surface area contributed by atoms with Crippen molar-refractivity contribution in [3.8, 4) is 0 Å². The van der Waals surface area contributed by atoms with Crippen LogP contribution in [0.15, 0.2) is 24.3 Å². The minimum absolute atomic E-state index is 0.703. The highest BCUT2D eigenvalue weighted by Gasteiger charge is 2.17.